The molecular weight excluding hydrogens is 486 g/mol. The number of rotatable bonds is 12. The number of primary amides is 1. The van der Waals surface area contributed by atoms with Crippen molar-refractivity contribution >= 4 is 45.2 Å². The number of carbonyl (C=O) groups is 3. The summed E-state index contributed by atoms with van der Waals surface area (Å²) in [5, 5.41) is 12.7. The van der Waals surface area contributed by atoms with Crippen molar-refractivity contribution in [1.82, 2.24) is 5.32 Å². The van der Waals surface area contributed by atoms with E-state index >= 15 is 0 Å². The van der Waals surface area contributed by atoms with Crippen LogP contribution in [0.4, 0.5) is 10.5 Å². The fraction of sp³-hybridized carbons (Fsp3) is 0.333. The van der Waals surface area contributed by atoms with E-state index in [1.165, 1.54) is 5.56 Å². The molecule has 0 spiro atoms. The minimum absolute atomic E-state index is 0.00155. The van der Waals surface area contributed by atoms with Crippen molar-refractivity contribution in [2.45, 2.75) is 51.0 Å². The number of anilines is 1. The molecule has 33 heavy (non-hydrogen) atoms. The summed E-state index contributed by atoms with van der Waals surface area (Å²) in [5.41, 5.74) is 12.9. The summed E-state index contributed by atoms with van der Waals surface area (Å²) in [5.74, 6) is -0.455. The molecule has 0 saturated heterocycles. The molecule has 2 aromatic rings. The van der Waals surface area contributed by atoms with Gasteiger partial charge in [0.1, 0.15) is 5.84 Å². The number of hydrogen-bond acceptors (Lipinski definition) is 4. The van der Waals surface area contributed by atoms with Gasteiger partial charge in [-0.1, -0.05) is 35.0 Å². The average molecular weight is 516 g/mol. The molecule has 0 aliphatic heterocycles. The molecule has 0 radical (unpaired) electrons. The highest BCUT2D eigenvalue weighted by molar-refractivity contribution is 9.10. The SMILES string of the molecule is CC(CCCC(=O)[C@H](CCC(N)=O)NC(=O)Nc1ccc(C(=N)N)cc1)c1cccc(Br)c1. The third kappa shape index (κ3) is 9.05. The summed E-state index contributed by atoms with van der Waals surface area (Å²) in [6, 6.07) is 13.2. The van der Waals surface area contributed by atoms with Crippen LogP contribution in [0.1, 0.15) is 56.1 Å². The Morgan fingerprint density at radius 2 is 1.73 bits per heavy atom. The molecule has 3 amide bonds. The maximum absolute atomic E-state index is 12.8. The highest BCUT2D eigenvalue weighted by Crippen LogP contribution is 2.24. The van der Waals surface area contributed by atoms with Crippen molar-refractivity contribution in [3.63, 3.8) is 0 Å². The minimum Gasteiger partial charge on any atom is -0.384 e. The van der Waals surface area contributed by atoms with Gasteiger partial charge in [-0.2, -0.15) is 0 Å². The molecule has 7 N–H and O–H groups in total. The smallest absolute Gasteiger partial charge is 0.319 e. The highest BCUT2D eigenvalue weighted by Gasteiger charge is 2.21. The number of ketones is 1. The highest BCUT2D eigenvalue weighted by atomic mass is 79.9. The van der Waals surface area contributed by atoms with Crippen LogP contribution >= 0.6 is 15.9 Å². The average Bonchev–Trinajstić information content (AvgIpc) is 2.76. The Balaban J connectivity index is 1.91. The first-order valence-electron chi connectivity index (χ1n) is 10.7. The number of urea groups is 1. The lowest BCUT2D eigenvalue weighted by Gasteiger charge is -2.18. The number of amidine groups is 1. The molecule has 1 unspecified atom stereocenters. The molecule has 0 aromatic heterocycles. The molecule has 2 rings (SSSR count). The van der Waals surface area contributed by atoms with E-state index in [0.717, 1.165) is 10.9 Å². The molecule has 2 aromatic carbocycles. The lowest BCUT2D eigenvalue weighted by molar-refractivity contribution is -0.121. The monoisotopic (exact) mass is 515 g/mol. The van der Waals surface area contributed by atoms with E-state index in [1.807, 2.05) is 12.1 Å². The van der Waals surface area contributed by atoms with Crippen LogP contribution in [-0.4, -0.2) is 29.6 Å². The third-order valence-electron chi connectivity index (χ3n) is 5.31. The van der Waals surface area contributed by atoms with Crippen LogP contribution in [-0.2, 0) is 9.59 Å². The summed E-state index contributed by atoms with van der Waals surface area (Å²) in [6.07, 6.45) is 1.91. The van der Waals surface area contributed by atoms with Crippen LogP contribution in [0.3, 0.4) is 0 Å². The van der Waals surface area contributed by atoms with Gasteiger partial charge >= 0.3 is 6.03 Å². The second-order valence-corrected chi connectivity index (χ2v) is 8.88. The molecule has 0 saturated carbocycles. The van der Waals surface area contributed by atoms with Crippen molar-refractivity contribution in [2.75, 3.05) is 5.32 Å². The fourth-order valence-electron chi connectivity index (χ4n) is 3.40. The second-order valence-electron chi connectivity index (χ2n) is 7.96. The first-order chi connectivity index (χ1) is 15.7. The first kappa shape index (κ1) is 26.1. The number of nitrogens with one attached hydrogen (secondary N) is 3. The first-order valence-corrected chi connectivity index (χ1v) is 11.5. The number of carbonyl (C=O) groups excluding carboxylic acids is 3. The van der Waals surface area contributed by atoms with E-state index in [2.05, 4.69) is 45.6 Å². The Hall–Kier alpha value is -3.20. The van der Waals surface area contributed by atoms with Crippen molar-refractivity contribution in [3.05, 3.63) is 64.1 Å². The van der Waals surface area contributed by atoms with Gasteiger partial charge in [-0.15, -0.1) is 0 Å². The van der Waals surface area contributed by atoms with Crippen molar-refractivity contribution in [3.8, 4) is 0 Å². The number of amides is 3. The summed E-state index contributed by atoms with van der Waals surface area (Å²) in [7, 11) is 0. The molecule has 0 fully saturated rings. The van der Waals surface area contributed by atoms with Gasteiger partial charge in [0.25, 0.3) is 0 Å². The summed E-state index contributed by atoms with van der Waals surface area (Å²) >= 11 is 3.47. The maximum atomic E-state index is 12.8. The molecule has 8 nitrogen and oxygen atoms in total. The van der Waals surface area contributed by atoms with Gasteiger partial charge in [-0.25, -0.2) is 4.79 Å². The number of Topliss-reactive ketones (excluding diaryl/α,β-unsaturated/α-hetero) is 1. The van der Waals surface area contributed by atoms with E-state index in [-0.39, 0.29) is 36.8 Å². The Bertz CT molecular complexity index is 994. The summed E-state index contributed by atoms with van der Waals surface area (Å²) in [6.45, 7) is 2.11. The zero-order chi connectivity index (χ0) is 24.4. The van der Waals surface area contributed by atoms with Gasteiger partial charge in [0.2, 0.25) is 5.91 Å². The van der Waals surface area contributed by atoms with Gasteiger partial charge < -0.3 is 22.1 Å². The molecule has 176 valence electrons. The van der Waals surface area contributed by atoms with Crippen LogP contribution in [0.5, 0.6) is 0 Å². The quantitative estimate of drug-likeness (QED) is 0.214. The van der Waals surface area contributed by atoms with Crippen LogP contribution < -0.4 is 22.1 Å². The van der Waals surface area contributed by atoms with E-state index in [0.29, 0.717) is 17.7 Å². The molecule has 0 aliphatic rings. The summed E-state index contributed by atoms with van der Waals surface area (Å²) < 4.78 is 1.01. The number of halogens is 1. The Labute approximate surface area is 202 Å². The molecule has 2 atom stereocenters. The van der Waals surface area contributed by atoms with Gasteiger partial charge in [0.05, 0.1) is 6.04 Å². The zero-order valence-corrected chi connectivity index (χ0v) is 20.2. The predicted molar refractivity (Wildman–Crippen MR) is 133 cm³/mol. The molecule has 0 bridgehead atoms. The van der Waals surface area contributed by atoms with E-state index in [4.69, 9.17) is 16.9 Å². The van der Waals surface area contributed by atoms with Crippen LogP contribution in [0, 0.1) is 5.41 Å². The topological polar surface area (TPSA) is 151 Å². The minimum atomic E-state index is -0.810. The van der Waals surface area contributed by atoms with Crippen molar-refractivity contribution in [1.29, 1.82) is 5.41 Å². The van der Waals surface area contributed by atoms with Crippen LogP contribution in [0.25, 0.3) is 0 Å². The van der Waals surface area contributed by atoms with Gasteiger partial charge in [-0.3, -0.25) is 15.0 Å². The number of nitrogen functional groups attached to an aromatic ring is 1. The summed E-state index contributed by atoms with van der Waals surface area (Å²) in [4.78, 5) is 36.5. The fourth-order valence-corrected chi connectivity index (χ4v) is 3.81. The Kier molecular flexibility index (Phi) is 10.1. The van der Waals surface area contributed by atoms with E-state index in [1.54, 1.807) is 24.3 Å². The van der Waals surface area contributed by atoms with Crippen molar-refractivity contribution in [2.24, 2.45) is 11.5 Å². The van der Waals surface area contributed by atoms with Crippen molar-refractivity contribution < 1.29 is 14.4 Å². The lowest BCUT2D eigenvalue weighted by Crippen LogP contribution is -2.43. The standard InChI is InChI=1S/C24H30BrN5O3/c1-15(17-5-3-6-18(25)14-17)4-2-7-21(31)20(12-13-22(26)32)30-24(33)29-19-10-8-16(9-11-19)23(27)28/h3,5-6,8-11,14-15,20H,2,4,7,12-13H2,1H3,(H2,26,32)(H3,27,28)(H2,29,30,33)/t15?,20-/m0/s1. The molecule has 0 heterocycles. The molecular formula is C24H30BrN5O3. The lowest BCUT2D eigenvalue weighted by atomic mass is 9.93. The zero-order valence-electron chi connectivity index (χ0n) is 18.6. The number of hydrogen-bond donors (Lipinski definition) is 5. The normalized spacial score (nSPS) is 12.4. The largest absolute Gasteiger partial charge is 0.384 e. The maximum Gasteiger partial charge on any atom is 0.319 e. The van der Waals surface area contributed by atoms with Crippen LogP contribution in [0.2, 0.25) is 0 Å². The van der Waals surface area contributed by atoms with Gasteiger partial charge in [-0.05, 0) is 67.1 Å². The third-order valence-corrected chi connectivity index (χ3v) is 5.80. The second kappa shape index (κ2) is 12.7. The number of benzene rings is 2. The predicted octanol–water partition coefficient (Wildman–Crippen LogP) is 4.03. The van der Waals surface area contributed by atoms with E-state index < -0.39 is 18.0 Å². The van der Waals surface area contributed by atoms with E-state index in [9.17, 15) is 14.4 Å². The molecule has 0 aliphatic carbocycles. The van der Waals surface area contributed by atoms with Gasteiger partial charge in [0, 0.05) is 28.6 Å². The number of nitrogens with two attached hydrogens (primary N) is 2. The van der Waals surface area contributed by atoms with Gasteiger partial charge in [0.15, 0.2) is 5.78 Å². The Morgan fingerprint density at radius 1 is 1.03 bits per heavy atom. The molecule has 9 heteroatoms. The van der Waals surface area contributed by atoms with Crippen LogP contribution in [0.15, 0.2) is 53.0 Å². The Morgan fingerprint density at radius 3 is 2.33 bits per heavy atom.